The number of likely N-dealkylation sites (tertiary alicyclic amines) is 1. The van der Waals surface area contributed by atoms with Gasteiger partial charge in [0.25, 0.3) is 0 Å². The fraction of sp³-hybridized carbons (Fsp3) is 0.409. The maximum Gasteiger partial charge on any atom is 0.166 e. The Labute approximate surface area is 159 Å². The predicted molar refractivity (Wildman–Crippen MR) is 103 cm³/mol. The fourth-order valence-electron chi connectivity index (χ4n) is 3.77. The Kier molecular flexibility index (Phi) is 5.30. The predicted octanol–water partition coefficient (Wildman–Crippen LogP) is 3.56. The van der Waals surface area contributed by atoms with E-state index in [0.717, 1.165) is 49.5 Å². The van der Waals surface area contributed by atoms with Crippen LogP contribution in [0.3, 0.4) is 0 Å². The molecule has 0 atom stereocenters. The van der Waals surface area contributed by atoms with Crippen LogP contribution in [0, 0.1) is 5.92 Å². The summed E-state index contributed by atoms with van der Waals surface area (Å²) in [4.78, 5) is 15.3. The molecule has 0 spiro atoms. The summed E-state index contributed by atoms with van der Waals surface area (Å²) in [5.74, 6) is 2.59. The van der Waals surface area contributed by atoms with Crippen LogP contribution in [0.5, 0.6) is 17.2 Å². The number of carbonyl (C=O) groups is 1. The maximum atomic E-state index is 12.9. The molecule has 27 heavy (non-hydrogen) atoms. The van der Waals surface area contributed by atoms with Gasteiger partial charge in [-0.1, -0.05) is 12.1 Å². The van der Waals surface area contributed by atoms with Crippen LogP contribution in [0.1, 0.15) is 28.8 Å². The lowest BCUT2D eigenvalue weighted by atomic mass is 9.88. The molecule has 0 aliphatic carbocycles. The standard InChI is InChI=1S/C22H25NO4/c1-25-19-5-2-16(3-6-19)15-23-10-8-17(9-11-23)22(24)18-4-7-20-21(14-18)27-13-12-26-20/h2-7,14,17H,8-13,15H2,1H3. The number of ketones is 1. The molecule has 0 saturated carbocycles. The second-order valence-electron chi connectivity index (χ2n) is 7.12. The highest BCUT2D eigenvalue weighted by atomic mass is 16.6. The van der Waals surface area contributed by atoms with E-state index in [1.54, 1.807) is 7.11 Å². The van der Waals surface area contributed by atoms with E-state index in [4.69, 9.17) is 14.2 Å². The molecule has 0 aromatic heterocycles. The third-order valence-electron chi connectivity index (χ3n) is 5.35. The first-order valence-corrected chi connectivity index (χ1v) is 9.52. The Balaban J connectivity index is 1.33. The highest BCUT2D eigenvalue weighted by Crippen LogP contribution is 2.32. The molecule has 4 rings (SSSR count). The Morgan fingerprint density at radius 3 is 2.44 bits per heavy atom. The van der Waals surface area contributed by atoms with Crippen LogP contribution in [-0.2, 0) is 6.54 Å². The van der Waals surface area contributed by atoms with Gasteiger partial charge in [-0.05, 0) is 61.8 Å². The summed E-state index contributed by atoms with van der Waals surface area (Å²) in [6.45, 7) is 3.89. The van der Waals surface area contributed by atoms with E-state index in [2.05, 4.69) is 17.0 Å². The van der Waals surface area contributed by atoms with Crippen molar-refractivity contribution in [2.75, 3.05) is 33.4 Å². The number of nitrogens with zero attached hydrogens (tertiary/aromatic N) is 1. The van der Waals surface area contributed by atoms with Gasteiger partial charge in [0.05, 0.1) is 7.11 Å². The van der Waals surface area contributed by atoms with Crippen LogP contribution in [0.2, 0.25) is 0 Å². The number of carbonyl (C=O) groups excluding carboxylic acids is 1. The molecular weight excluding hydrogens is 342 g/mol. The number of fused-ring (bicyclic) bond motifs is 1. The second-order valence-corrected chi connectivity index (χ2v) is 7.12. The van der Waals surface area contributed by atoms with Crippen LogP contribution >= 0.6 is 0 Å². The molecule has 5 heteroatoms. The van der Waals surface area contributed by atoms with Gasteiger partial charge >= 0.3 is 0 Å². The molecule has 2 aromatic rings. The first kappa shape index (κ1) is 17.9. The molecule has 0 N–H and O–H groups in total. The Morgan fingerprint density at radius 1 is 1.04 bits per heavy atom. The number of benzene rings is 2. The van der Waals surface area contributed by atoms with Crippen molar-refractivity contribution in [3.63, 3.8) is 0 Å². The van der Waals surface area contributed by atoms with Crippen molar-refractivity contribution in [3.8, 4) is 17.2 Å². The fourth-order valence-corrected chi connectivity index (χ4v) is 3.77. The van der Waals surface area contributed by atoms with E-state index in [1.165, 1.54) is 5.56 Å². The van der Waals surface area contributed by atoms with Crippen molar-refractivity contribution < 1.29 is 19.0 Å². The lowest BCUT2D eigenvalue weighted by Gasteiger charge is -2.31. The number of methoxy groups -OCH3 is 1. The molecule has 2 aliphatic heterocycles. The lowest BCUT2D eigenvalue weighted by Crippen LogP contribution is -2.36. The zero-order valence-corrected chi connectivity index (χ0v) is 15.6. The minimum Gasteiger partial charge on any atom is -0.497 e. The minimum absolute atomic E-state index is 0.0830. The highest BCUT2D eigenvalue weighted by molar-refractivity contribution is 5.98. The largest absolute Gasteiger partial charge is 0.497 e. The van der Waals surface area contributed by atoms with Crippen LogP contribution in [0.15, 0.2) is 42.5 Å². The monoisotopic (exact) mass is 367 g/mol. The first-order valence-electron chi connectivity index (χ1n) is 9.52. The van der Waals surface area contributed by atoms with Gasteiger partial charge in [-0.25, -0.2) is 0 Å². The summed E-state index contributed by atoms with van der Waals surface area (Å²) in [5.41, 5.74) is 2.00. The number of rotatable bonds is 5. The van der Waals surface area contributed by atoms with Gasteiger partial charge in [0, 0.05) is 18.0 Å². The van der Waals surface area contributed by atoms with Gasteiger partial charge < -0.3 is 14.2 Å². The molecule has 5 nitrogen and oxygen atoms in total. The SMILES string of the molecule is COc1ccc(CN2CCC(C(=O)c3ccc4c(c3)OCCO4)CC2)cc1. The van der Waals surface area contributed by atoms with E-state index in [-0.39, 0.29) is 11.7 Å². The van der Waals surface area contributed by atoms with E-state index >= 15 is 0 Å². The van der Waals surface area contributed by atoms with Crippen molar-refractivity contribution in [1.82, 2.24) is 4.90 Å². The average molecular weight is 367 g/mol. The van der Waals surface area contributed by atoms with Gasteiger partial charge in [0.2, 0.25) is 0 Å². The Hall–Kier alpha value is -2.53. The summed E-state index contributed by atoms with van der Waals surface area (Å²) in [7, 11) is 1.68. The molecule has 0 amide bonds. The minimum atomic E-state index is 0.0830. The van der Waals surface area contributed by atoms with E-state index in [0.29, 0.717) is 19.0 Å². The summed E-state index contributed by atoms with van der Waals surface area (Å²) in [6, 6.07) is 13.7. The second kappa shape index (κ2) is 8.01. The van der Waals surface area contributed by atoms with Crippen molar-refractivity contribution in [2.45, 2.75) is 19.4 Å². The molecule has 2 aliphatic rings. The van der Waals surface area contributed by atoms with Crippen LogP contribution in [0.25, 0.3) is 0 Å². The molecule has 0 radical (unpaired) electrons. The van der Waals surface area contributed by atoms with Crippen LogP contribution < -0.4 is 14.2 Å². The smallest absolute Gasteiger partial charge is 0.166 e. The van der Waals surface area contributed by atoms with Gasteiger partial charge in [-0.2, -0.15) is 0 Å². The number of piperidine rings is 1. The van der Waals surface area contributed by atoms with Crippen LogP contribution in [-0.4, -0.2) is 44.1 Å². The maximum absolute atomic E-state index is 12.9. The van der Waals surface area contributed by atoms with E-state index in [9.17, 15) is 4.79 Å². The molecule has 1 fully saturated rings. The molecule has 142 valence electrons. The van der Waals surface area contributed by atoms with Crippen molar-refractivity contribution in [3.05, 3.63) is 53.6 Å². The summed E-state index contributed by atoms with van der Waals surface area (Å²) >= 11 is 0. The number of hydrogen-bond donors (Lipinski definition) is 0. The quantitative estimate of drug-likeness (QED) is 0.756. The average Bonchev–Trinajstić information content (AvgIpc) is 2.74. The Morgan fingerprint density at radius 2 is 1.74 bits per heavy atom. The van der Waals surface area contributed by atoms with Gasteiger partial charge in [0.1, 0.15) is 19.0 Å². The first-order chi connectivity index (χ1) is 13.2. The molecular formula is C22H25NO4. The summed E-state index contributed by atoms with van der Waals surface area (Å²) < 4.78 is 16.4. The molecule has 1 saturated heterocycles. The third-order valence-corrected chi connectivity index (χ3v) is 5.35. The third kappa shape index (κ3) is 4.08. The normalized spacial score (nSPS) is 17.5. The van der Waals surface area contributed by atoms with E-state index < -0.39 is 0 Å². The van der Waals surface area contributed by atoms with Gasteiger partial charge in [-0.3, -0.25) is 9.69 Å². The molecule has 0 bridgehead atoms. The number of ether oxygens (including phenoxy) is 3. The zero-order chi connectivity index (χ0) is 18.6. The highest BCUT2D eigenvalue weighted by Gasteiger charge is 2.27. The summed E-state index contributed by atoms with van der Waals surface area (Å²) in [5, 5.41) is 0. The van der Waals surface area contributed by atoms with Crippen molar-refractivity contribution in [1.29, 1.82) is 0 Å². The topological polar surface area (TPSA) is 48.0 Å². The van der Waals surface area contributed by atoms with E-state index in [1.807, 2.05) is 30.3 Å². The number of hydrogen-bond acceptors (Lipinski definition) is 5. The summed E-state index contributed by atoms with van der Waals surface area (Å²) in [6.07, 6.45) is 1.78. The van der Waals surface area contributed by atoms with Crippen LogP contribution in [0.4, 0.5) is 0 Å². The lowest BCUT2D eigenvalue weighted by molar-refractivity contribution is 0.0833. The van der Waals surface area contributed by atoms with Gasteiger partial charge in [-0.15, -0.1) is 0 Å². The molecule has 2 heterocycles. The van der Waals surface area contributed by atoms with Crippen molar-refractivity contribution >= 4 is 5.78 Å². The zero-order valence-electron chi connectivity index (χ0n) is 15.6. The Bertz CT molecular complexity index is 794. The van der Waals surface area contributed by atoms with Gasteiger partial charge in [0.15, 0.2) is 17.3 Å². The number of Topliss-reactive ketones (excluding diaryl/α,β-unsaturated/α-hetero) is 1. The molecule has 0 unspecified atom stereocenters. The van der Waals surface area contributed by atoms with Crippen molar-refractivity contribution in [2.24, 2.45) is 5.92 Å². The molecule has 2 aromatic carbocycles.